The van der Waals surface area contributed by atoms with Crippen LogP contribution in [0.25, 0.3) is 0 Å². The fourth-order valence-corrected chi connectivity index (χ4v) is 3.30. The van der Waals surface area contributed by atoms with Gasteiger partial charge >= 0.3 is 0 Å². The van der Waals surface area contributed by atoms with Crippen LogP contribution in [0.1, 0.15) is 13.8 Å². The minimum atomic E-state index is -3.54. The van der Waals surface area contributed by atoms with Gasteiger partial charge in [0.15, 0.2) is 0 Å². The molecule has 1 atom stereocenters. The van der Waals surface area contributed by atoms with Crippen molar-refractivity contribution >= 4 is 21.8 Å². The number of rotatable bonds is 6. The predicted octanol–water partition coefficient (Wildman–Crippen LogP) is 2.25. The van der Waals surface area contributed by atoms with E-state index in [4.69, 9.17) is 0 Å². The largest absolute Gasteiger partial charge is 0.240 e. The summed E-state index contributed by atoms with van der Waals surface area (Å²) in [7, 11) is -3.54. The van der Waals surface area contributed by atoms with Crippen LogP contribution >= 0.6 is 11.8 Å². The highest BCUT2D eigenvalue weighted by Gasteiger charge is 2.16. The zero-order valence-corrected chi connectivity index (χ0v) is 11.4. The molecule has 0 aromatic heterocycles. The average molecular weight is 277 g/mol. The second-order valence-electron chi connectivity index (χ2n) is 3.64. The Morgan fingerprint density at radius 2 is 1.94 bits per heavy atom. The van der Waals surface area contributed by atoms with Crippen LogP contribution in [0.15, 0.2) is 29.2 Å². The molecule has 0 saturated heterocycles. The quantitative estimate of drug-likeness (QED) is 0.867. The number of thioether (sulfide) groups is 1. The van der Waals surface area contributed by atoms with Crippen LogP contribution in [0.5, 0.6) is 0 Å². The molecule has 1 rings (SSSR count). The van der Waals surface area contributed by atoms with Gasteiger partial charge in [-0.25, -0.2) is 17.5 Å². The van der Waals surface area contributed by atoms with Crippen LogP contribution in [0.2, 0.25) is 0 Å². The number of hydrogen-bond donors (Lipinski definition) is 1. The normalized spacial score (nSPS) is 13.6. The predicted molar refractivity (Wildman–Crippen MR) is 69.2 cm³/mol. The molecule has 1 aromatic rings. The molecule has 96 valence electrons. The Bertz CT molecular complexity index is 445. The molecular formula is C11H16FNO2S2. The second-order valence-corrected chi connectivity index (χ2v) is 6.67. The minimum Gasteiger partial charge on any atom is -0.208 e. The summed E-state index contributed by atoms with van der Waals surface area (Å²) < 4.78 is 39.0. The lowest BCUT2D eigenvalue weighted by Crippen LogP contribution is -2.34. The van der Waals surface area contributed by atoms with Gasteiger partial charge in [-0.15, -0.1) is 0 Å². The van der Waals surface area contributed by atoms with E-state index in [1.807, 2.05) is 13.8 Å². The molecule has 17 heavy (non-hydrogen) atoms. The van der Waals surface area contributed by atoms with Gasteiger partial charge in [0.05, 0.1) is 4.90 Å². The van der Waals surface area contributed by atoms with E-state index in [2.05, 4.69) is 4.72 Å². The highest BCUT2D eigenvalue weighted by Crippen LogP contribution is 2.11. The van der Waals surface area contributed by atoms with Crippen LogP contribution < -0.4 is 4.72 Å². The molecule has 0 saturated carbocycles. The molecule has 0 amide bonds. The molecule has 0 aliphatic rings. The first kappa shape index (κ1) is 14.5. The van der Waals surface area contributed by atoms with Crippen molar-refractivity contribution in [2.75, 3.05) is 11.5 Å². The van der Waals surface area contributed by atoms with E-state index in [0.29, 0.717) is 0 Å². The molecule has 0 bridgehead atoms. The third-order valence-electron chi connectivity index (χ3n) is 2.05. The van der Waals surface area contributed by atoms with E-state index < -0.39 is 15.8 Å². The molecule has 0 spiro atoms. The Morgan fingerprint density at radius 3 is 2.47 bits per heavy atom. The van der Waals surface area contributed by atoms with Crippen molar-refractivity contribution in [1.82, 2.24) is 4.72 Å². The van der Waals surface area contributed by atoms with E-state index in [9.17, 15) is 12.8 Å². The second kappa shape index (κ2) is 6.37. The third-order valence-corrected chi connectivity index (χ3v) is 4.80. The Balaban J connectivity index is 2.71. The SMILES string of the molecule is CCSCC(C)NS(=O)(=O)c1ccc(F)cc1. The van der Waals surface area contributed by atoms with E-state index in [1.165, 1.54) is 12.1 Å². The Labute approximate surface area is 106 Å². The Hall–Kier alpha value is -0.590. The summed E-state index contributed by atoms with van der Waals surface area (Å²) in [6.45, 7) is 3.83. The number of benzene rings is 1. The zero-order valence-electron chi connectivity index (χ0n) is 9.81. The van der Waals surface area contributed by atoms with Crippen molar-refractivity contribution in [2.45, 2.75) is 24.8 Å². The van der Waals surface area contributed by atoms with Crippen molar-refractivity contribution in [3.8, 4) is 0 Å². The fourth-order valence-electron chi connectivity index (χ4n) is 1.28. The molecule has 0 aliphatic carbocycles. The standard InChI is InChI=1S/C11H16FNO2S2/c1-3-16-8-9(2)13-17(14,15)11-6-4-10(12)5-7-11/h4-7,9,13H,3,8H2,1-2H3. The molecule has 6 heteroatoms. The minimum absolute atomic E-state index is 0.0900. The first-order chi connectivity index (χ1) is 7.95. The molecule has 0 fully saturated rings. The summed E-state index contributed by atoms with van der Waals surface area (Å²) in [5.74, 6) is 1.22. The van der Waals surface area contributed by atoms with E-state index in [0.717, 1.165) is 23.6 Å². The molecule has 0 aliphatic heterocycles. The van der Waals surface area contributed by atoms with E-state index in [-0.39, 0.29) is 10.9 Å². The average Bonchev–Trinajstić information content (AvgIpc) is 2.26. The summed E-state index contributed by atoms with van der Waals surface area (Å²) in [6, 6.07) is 4.66. The van der Waals surface area contributed by atoms with Crippen molar-refractivity contribution < 1.29 is 12.8 Å². The van der Waals surface area contributed by atoms with E-state index >= 15 is 0 Å². The Morgan fingerprint density at radius 1 is 1.35 bits per heavy atom. The first-order valence-electron chi connectivity index (χ1n) is 5.31. The van der Waals surface area contributed by atoms with Crippen molar-refractivity contribution in [2.24, 2.45) is 0 Å². The Kier molecular flexibility index (Phi) is 5.42. The highest BCUT2D eigenvalue weighted by molar-refractivity contribution is 7.99. The van der Waals surface area contributed by atoms with Gasteiger partial charge < -0.3 is 0 Å². The van der Waals surface area contributed by atoms with Gasteiger partial charge in [-0.05, 0) is 36.9 Å². The fraction of sp³-hybridized carbons (Fsp3) is 0.455. The lowest BCUT2D eigenvalue weighted by atomic mass is 10.4. The molecule has 0 heterocycles. The van der Waals surface area contributed by atoms with Crippen LogP contribution in [0.4, 0.5) is 4.39 Å². The molecular weight excluding hydrogens is 261 g/mol. The summed E-state index contributed by atoms with van der Waals surface area (Å²) in [4.78, 5) is 0.0900. The van der Waals surface area contributed by atoms with Crippen LogP contribution in [0.3, 0.4) is 0 Å². The van der Waals surface area contributed by atoms with Gasteiger partial charge in [0.25, 0.3) is 0 Å². The first-order valence-corrected chi connectivity index (χ1v) is 7.95. The smallest absolute Gasteiger partial charge is 0.208 e. The van der Waals surface area contributed by atoms with Gasteiger partial charge in [0.1, 0.15) is 5.82 Å². The lowest BCUT2D eigenvalue weighted by Gasteiger charge is -2.13. The maximum Gasteiger partial charge on any atom is 0.240 e. The van der Waals surface area contributed by atoms with Gasteiger partial charge in [0.2, 0.25) is 10.0 Å². The van der Waals surface area contributed by atoms with Crippen molar-refractivity contribution in [1.29, 1.82) is 0 Å². The monoisotopic (exact) mass is 277 g/mol. The lowest BCUT2D eigenvalue weighted by molar-refractivity contribution is 0.570. The molecule has 1 unspecified atom stereocenters. The maximum atomic E-state index is 12.7. The zero-order chi connectivity index (χ0) is 12.9. The number of halogens is 1. The highest BCUT2D eigenvalue weighted by atomic mass is 32.2. The molecule has 3 nitrogen and oxygen atoms in total. The number of nitrogens with one attached hydrogen (secondary N) is 1. The maximum absolute atomic E-state index is 12.7. The van der Waals surface area contributed by atoms with Gasteiger partial charge in [0, 0.05) is 11.8 Å². The van der Waals surface area contributed by atoms with Crippen molar-refractivity contribution in [3.05, 3.63) is 30.1 Å². The summed E-state index contributed by atoms with van der Waals surface area (Å²) in [6.07, 6.45) is 0. The van der Waals surface area contributed by atoms with Crippen LogP contribution in [-0.4, -0.2) is 26.0 Å². The molecule has 1 aromatic carbocycles. The summed E-state index contributed by atoms with van der Waals surface area (Å²) in [5.41, 5.74) is 0. The van der Waals surface area contributed by atoms with E-state index in [1.54, 1.807) is 11.8 Å². The van der Waals surface area contributed by atoms with Gasteiger partial charge in [-0.1, -0.05) is 6.92 Å². The third kappa shape index (κ3) is 4.65. The van der Waals surface area contributed by atoms with Crippen molar-refractivity contribution in [3.63, 3.8) is 0 Å². The topological polar surface area (TPSA) is 46.2 Å². The number of sulfonamides is 1. The summed E-state index contributed by atoms with van der Waals surface area (Å²) >= 11 is 1.67. The van der Waals surface area contributed by atoms with Crippen LogP contribution in [-0.2, 0) is 10.0 Å². The van der Waals surface area contributed by atoms with Gasteiger partial charge in [-0.2, -0.15) is 11.8 Å². The number of hydrogen-bond acceptors (Lipinski definition) is 3. The van der Waals surface area contributed by atoms with Gasteiger partial charge in [-0.3, -0.25) is 0 Å². The van der Waals surface area contributed by atoms with Crippen LogP contribution in [0, 0.1) is 5.82 Å². The molecule has 1 N–H and O–H groups in total. The summed E-state index contributed by atoms with van der Waals surface area (Å²) in [5, 5.41) is 0. The molecule has 0 radical (unpaired) electrons.